The quantitative estimate of drug-likeness (QED) is 0.756. The van der Waals surface area contributed by atoms with Crippen LogP contribution in [-0.4, -0.2) is 52.5 Å². The summed E-state index contributed by atoms with van der Waals surface area (Å²) in [6.07, 6.45) is 5.45. The molecule has 1 N–H and O–H groups in total. The number of anilines is 1. The number of likely N-dealkylation sites (tertiary alicyclic amines) is 1. The zero-order valence-electron chi connectivity index (χ0n) is 15.9. The second kappa shape index (κ2) is 6.51. The van der Waals surface area contributed by atoms with Crippen molar-refractivity contribution in [3.05, 3.63) is 48.3 Å². The maximum absolute atomic E-state index is 13.3. The van der Waals surface area contributed by atoms with Crippen LogP contribution in [0.5, 0.6) is 5.88 Å². The maximum Gasteiger partial charge on any atom is 0.231 e. The summed E-state index contributed by atoms with van der Waals surface area (Å²) in [6, 6.07) is 9.96. The van der Waals surface area contributed by atoms with Gasteiger partial charge in [-0.15, -0.1) is 0 Å². The highest BCUT2D eigenvalue weighted by molar-refractivity contribution is 5.88. The van der Waals surface area contributed by atoms with E-state index in [0.29, 0.717) is 24.9 Å². The lowest BCUT2D eigenvalue weighted by atomic mass is 9.85. The molecule has 2 saturated heterocycles. The molecule has 3 aromatic rings. The fraction of sp³-hybridized carbons (Fsp3) is 0.381. The lowest BCUT2D eigenvalue weighted by Gasteiger charge is -2.23. The number of methoxy groups -OCH3 is 1. The van der Waals surface area contributed by atoms with E-state index in [2.05, 4.69) is 32.0 Å². The molecular weight excluding hydrogens is 354 g/mol. The van der Waals surface area contributed by atoms with Gasteiger partial charge in [0.2, 0.25) is 17.7 Å². The summed E-state index contributed by atoms with van der Waals surface area (Å²) in [7, 11) is 1.60. The van der Waals surface area contributed by atoms with Crippen LogP contribution in [0.1, 0.15) is 18.4 Å². The predicted molar refractivity (Wildman–Crippen MR) is 106 cm³/mol. The van der Waals surface area contributed by atoms with E-state index in [1.807, 2.05) is 23.2 Å². The Bertz CT molecular complexity index is 1030. The molecule has 2 aliphatic heterocycles. The van der Waals surface area contributed by atoms with Crippen LogP contribution < -0.4 is 9.64 Å². The number of nitrogens with zero attached hydrogens (tertiary/aromatic N) is 4. The Morgan fingerprint density at radius 1 is 1.21 bits per heavy atom. The maximum atomic E-state index is 13.3. The second-order valence-electron chi connectivity index (χ2n) is 7.69. The van der Waals surface area contributed by atoms with Gasteiger partial charge in [0, 0.05) is 55.5 Å². The molecule has 4 heterocycles. The molecule has 7 nitrogen and oxygen atoms in total. The number of H-pyrrole nitrogens is 1. The Hall–Kier alpha value is -3.09. The minimum absolute atomic E-state index is 0.253. The van der Waals surface area contributed by atoms with E-state index < -0.39 is 0 Å². The number of aromatic amines is 1. The lowest BCUT2D eigenvalue weighted by molar-refractivity contribution is -0.135. The summed E-state index contributed by atoms with van der Waals surface area (Å²) in [5.74, 6) is 1.44. The zero-order chi connectivity index (χ0) is 19.1. The van der Waals surface area contributed by atoms with E-state index in [9.17, 15) is 4.79 Å². The highest BCUT2D eigenvalue weighted by Gasteiger charge is 2.51. The van der Waals surface area contributed by atoms with Crippen molar-refractivity contribution in [1.82, 2.24) is 19.9 Å². The smallest absolute Gasteiger partial charge is 0.231 e. The van der Waals surface area contributed by atoms with Crippen molar-refractivity contribution in [3.63, 3.8) is 0 Å². The first-order valence-corrected chi connectivity index (χ1v) is 9.65. The summed E-state index contributed by atoms with van der Waals surface area (Å²) in [6.45, 7) is 2.91. The standard InChI is InChI=1S/C21H23N5O2/c1-28-18-6-9-22-20(24-18)26-11-8-21(14-26)7-10-25(19(21)27)13-15-12-23-17-5-3-2-4-16(15)17/h2-6,9,12,23H,7-8,10-11,13-14H2,1H3. The summed E-state index contributed by atoms with van der Waals surface area (Å²) in [5.41, 5.74) is 1.96. The van der Waals surface area contributed by atoms with E-state index in [1.54, 1.807) is 19.4 Å². The Morgan fingerprint density at radius 2 is 2.07 bits per heavy atom. The number of rotatable bonds is 4. The Kier molecular flexibility index (Phi) is 3.96. The molecule has 0 saturated carbocycles. The van der Waals surface area contributed by atoms with Gasteiger partial charge in [0.15, 0.2) is 0 Å². The van der Waals surface area contributed by atoms with Crippen molar-refractivity contribution in [1.29, 1.82) is 0 Å². The molecule has 144 valence electrons. The van der Waals surface area contributed by atoms with Gasteiger partial charge in [-0.25, -0.2) is 4.98 Å². The molecule has 0 aliphatic carbocycles. The Balaban J connectivity index is 1.33. The first-order chi connectivity index (χ1) is 13.7. The van der Waals surface area contributed by atoms with Crippen molar-refractivity contribution < 1.29 is 9.53 Å². The summed E-state index contributed by atoms with van der Waals surface area (Å²) >= 11 is 0. The van der Waals surface area contributed by atoms with Crippen LogP contribution >= 0.6 is 0 Å². The highest BCUT2D eigenvalue weighted by atomic mass is 16.5. The molecule has 28 heavy (non-hydrogen) atoms. The molecule has 5 rings (SSSR count). The average molecular weight is 377 g/mol. The van der Waals surface area contributed by atoms with Gasteiger partial charge in [-0.2, -0.15) is 4.98 Å². The number of para-hydroxylation sites is 1. The Morgan fingerprint density at radius 3 is 2.96 bits per heavy atom. The molecule has 7 heteroatoms. The van der Waals surface area contributed by atoms with E-state index in [-0.39, 0.29) is 11.3 Å². The monoisotopic (exact) mass is 377 g/mol. The third-order valence-corrected chi connectivity index (χ3v) is 6.10. The molecule has 0 bridgehead atoms. The van der Waals surface area contributed by atoms with Gasteiger partial charge in [0.1, 0.15) is 0 Å². The normalized spacial score (nSPS) is 22.0. The molecule has 1 amide bonds. The number of hydrogen-bond donors (Lipinski definition) is 1. The molecule has 2 fully saturated rings. The number of carbonyl (C=O) groups excluding carboxylic acids is 1. The van der Waals surface area contributed by atoms with Crippen LogP contribution in [0.3, 0.4) is 0 Å². The summed E-state index contributed by atoms with van der Waals surface area (Å²) in [5, 5.41) is 1.19. The first kappa shape index (κ1) is 17.0. The molecular formula is C21H23N5O2. The van der Waals surface area contributed by atoms with Crippen LogP contribution in [0.15, 0.2) is 42.7 Å². The molecule has 1 unspecified atom stereocenters. The fourth-order valence-corrected chi connectivity index (χ4v) is 4.53. The summed E-state index contributed by atoms with van der Waals surface area (Å²) < 4.78 is 5.21. The number of ether oxygens (including phenoxy) is 1. The van der Waals surface area contributed by atoms with E-state index in [1.165, 1.54) is 10.9 Å². The molecule has 2 aliphatic rings. The molecule has 0 radical (unpaired) electrons. The van der Waals surface area contributed by atoms with Gasteiger partial charge < -0.3 is 19.5 Å². The van der Waals surface area contributed by atoms with Crippen LogP contribution in [-0.2, 0) is 11.3 Å². The molecule has 1 atom stereocenters. The minimum Gasteiger partial charge on any atom is -0.481 e. The number of carbonyl (C=O) groups is 1. The van der Waals surface area contributed by atoms with E-state index >= 15 is 0 Å². The van der Waals surface area contributed by atoms with Crippen molar-refractivity contribution >= 4 is 22.8 Å². The Labute approximate surface area is 163 Å². The van der Waals surface area contributed by atoms with Crippen molar-refractivity contribution in [3.8, 4) is 5.88 Å². The van der Waals surface area contributed by atoms with Crippen LogP contribution in [0.25, 0.3) is 10.9 Å². The second-order valence-corrected chi connectivity index (χ2v) is 7.69. The van der Waals surface area contributed by atoms with Crippen LogP contribution in [0.4, 0.5) is 5.95 Å². The predicted octanol–water partition coefficient (Wildman–Crippen LogP) is 2.60. The molecule has 1 spiro atoms. The number of fused-ring (bicyclic) bond motifs is 1. The van der Waals surface area contributed by atoms with Gasteiger partial charge in [0.05, 0.1) is 12.5 Å². The number of amides is 1. The fourth-order valence-electron chi connectivity index (χ4n) is 4.53. The SMILES string of the molecule is COc1ccnc(N2CCC3(CCN(Cc4c[nH]c5ccccc45)C3=O)C2)n1. The third kappa shape index (κ3) is 2.69. The number of benzene rings is 1. The third-order valence-electron chi connectivity index (χ3n) is 6.10. The van der Waals surface area contributed by atoms with Gasteiger partial charge >= 0.3 is 0 Å². The van der Waals surface area contributed by atoms with E-state index in [0.717, 1.165) is 31.4 Å². The van der Waals surface area contributed by atoms with Gasteiger partial charge in [0.25, 0.3) is 0 Å². The number of nitrogens with one attached hydrogen (secondary N) is 1. The van der Waals surface area contributed by atoms with Gasteiger partial charge in [-0.1, -0.05) is 18.2 Å². The zero-order valence-corrected chi connectivity index (χ0v) is 15.9. The first-order valence-electron chi connectivity index (χ1n) is 9.65. The molecule has 2 aromatic heterocycles. The molecule has 1 aromatic carbocycles. The largest absolute Gasteiger partial charge is 0.481 e. The topological polar surface area (TPSA) is 74.3 Å². The minimum atomic E-state index is -0.321. The van der Waals surface area contributed by atoms with Crippen LogP contribution in [0, 0.1) is 5.41 Å². The average Bonchev–Trinajstić information content (AvgIpc) is 3.43. The van der Waals surface area contributed by atoms with Crippen molar-refractivity contribution in [2.45, 2.75) is 19.4 Å². The number of hydrogen-bond acceptors (Lipinski definition) is 5. The van der Waals surface area contributed by atoms with Crippen molar-refractivity contribution in [2.75, 3.05) is 31.6 Å². The highest BCUT2D eigenvalue weighted by Crippen LogP contribution is 2.42. The van der Waals surface area contributed by atoms with Crippen molar-refractivity contribution in [2.24, 2.45) is 5.41 Å². The summed E-state index contributed by atoms with van der Waals surface area (Å²) in [4.78, 5) is 29.5. The van der Waals surface area contributed by atoms with Gasteiger partial charge in [-0.05, 0) is 24.5 Å². The van der Waals surface area contributed by atoms with Crippen LogP contribution in [0.2, 0.25) is 0 Å². The number of aromatic nitrogens is 3. The van der Waals surface area contributed by atoms with E-state index in [4.69, 9.17) is 4.74 Å². The lowest BCUT2D eigenvalue weighted by Crippen LogP contribution is -2.37. The van der Waals surface area contributed by atoms with Gasteiger partial charge in [-0.3, -0.25) is 4.79 Å².